The lowest BCUT2D eigenvalue weighted by atomic mass is 9.62. The third-order valence-corrected chi connectivity index (χ3v) is 8.02. The lowest BCUT2D eigenvalue weighted by Crippen LogP contribution is -2.54. The molecule has 3 aliphatic rings. The Morgan fingerprint density at radius 2 is 1.97 bits per heavy atom. The molecule has 2 amide bonds. The number of nitrogens with one attached hydrogen (secondary N) is 1. The number of anilines is 1. The van der Waals surface area contributed by atoms with E-state index in [1.807, 2.05) is 13.8 Å². The highest BCUT2D eigenvalue weighted by Gasteiger charge is 2.80. The van der Waals surface area contributed by atoms with E-state index in [1.54, 1.807) is 36.1 Å². The number of likely N-dealkylation sites (tertiary alicyclic amines) is 1. The highest BCUT2D eigenvalue weighted by Crippen LogP contribution is 2.65. The minimum Gasteiger partial charge on any atom is -0.466 e. The van der Waals surface area contributed by atoms with E-state index in [-0.39, 0.29) is 30.9 Å². The number of aliphatic hydroxyl groups is 1. The molecule has 3 aliphatic heterocycles. The van der Waals surface area contributed by atoms with Crippen LogP contribution in [0.1, 0.15) is 46.5 Å². The first-order chi connectivity index (χ1) is 16.2. The summed E-state index contributed by atoms with van der Waals surface area (Å²) in [6, 6.07) is 5.90. The Labute approximate surface area is 204 Å². The van der Waals surface area contributed by atoms with Crippen LogP contribution in [0.15, 0.2) is 24.3 Å². The molecule has 6 atom stereocenters. The number of carbonyl (C=O) groups excluding carboxylic acids is 3. The minimum atomic E-state index is -1.10. The fourth-order valence-corrected chi connectivity index (χ4v) is 6.31. The zero-order valence-corrected chi connectivity index (χ0v) is 20.6. The Kier molecular flexibility index (Phi) is 6.95. The van der Waals surface area contributed by atoms with E-state index in [4.69, 9.17) is 26.2 Å². The van der Waals surface area contributed by atoms with Gasteiger partial charge in [0.05, 0.1) is 18.1 Å². The number of carbonyl (C=O) groups is 3. The minimum absolute atomic E-state index is 0.0360. The van der Waals surface area contributed by atoms with Gasteiger partial charge in [0.2, 0.25) is 11.8 Å². The summed E-state index contributed by atoms with van der Waals surface area (Å²) in [6.07, 6.45) is 2.48. The normalized spacial score (nSPS) is 33.8. The molecule has 9 heteroatoms. The summed E-state index contributed by atoms with van der Waals surface area (Å²) in [5.41, 5.74) is -1.42. The van der Waals surface area contributed by atoms with Crippen molar-refractivity contribution >= 4 is 35.1 Å². The van der Waals surface area contributed by atoms with Gasteiger partial charge in [0.1, 0.15) is 17.6 Å². The van der Waals surface area contributed by atoms with Crippen molar-refractivity contribution in [1.82, 2.24) is 4.90 Å². The molecular weight excluding hydrogens is 460 g/mol. The molecule has 1 aromatic rings. The summed E-state index contributed by atoms with van der Waals surface area (Å²) in [5, 5.41) is 12.6. The molecule has 34 heavy (non-hydrogen) atoms. The van der Waals surface area contributed by atoms with Crippen molar-refractivity contribution < 1.29 is 29.0 Å². The van der Waals surface area contributed by atoms with Crippen molar-refractivity contribution in [3.05, 3.63) is 29.3 Å². The quantitative estimate of drug-likeness (QED) is 0.405. The van der Waals surface area contributed by atoms with Crippen LogP contribution < -0.4 is 5.32 Å². The molecule has 0 saturated carbocycles. The number of hydrogen-bond acceptors (Lipinski definition) is 6. The van der Waals surface area contributed by atoms with E-state index < -0.39 is 35.0 Å². The van der Waals surface area contributed by atoms with Crippen LogP contribution in [-0.2, 0) is 23.9 Å². The van der Waals surface area contributed by atoms with E-state index in [9.17, 15) is 14.4 Å². The molecular formula is C25H33ClN2O6. The van der Waals surface area contributed by atoms with Gasteiger partial charge in [0, 0.05) is 23.9 Å². The summed E-state index contributed by atoms with van der Waals surface area (Å²) in [6.45, 7) is 6.22. The molecule has 1 spiro atoms. The first-order valence-electron chi connectivity index (χ1n) is 12.0. The smallest absolute Gasteiger partial charge is 0.312 e. The zero-order valence-electron chi connectivity index (χ0n) is 19.9. The van der Waals surface area contributed by atoms with Gasteiger partial charge in [0.25, 0.3) is 0 Å². The Balaban J connectivity index is 1.70. The van der Waals surface area contributed by atoms with Crippen LogP contribution >= 0.6 is 11.6 Å². The van der Waals surface area contributed by atoms with E-state index in [2.05, 4.69) is 5.32 Å². The standard InChI is InChI=1S/C25H33ClN2O6/c1-4-33-23(32)19-18-22(31)28(12-6-5-7-13-29)20(25(18)14-15(2)24(19,3)34-25)21(30)27-17-10-8-16(26)9-11-17/h8-11,15,18-20,29H,4-7,12-14H2,1-3H3,(H,27,30)/t15?,18-,19-,20?,24+,25?/m0/s1. The number of esters is 1. The van der Waals surface area contributed by atoms with Crippen LogP contribution in [0, 0.1) is 17.8 Å². The average Bonchev–Trinajstić information content (AvgIpc) is 3.30. The van der Waals surface area contributed by atoms with Crippen LogP contribution in [0.2, 0.25) is 5.02 Å². The topological polar surface area (TPSA) is 105 Å². The number of nitrogens with zero attached hydrogens (tertiary/aromatic N) is 1. The van der Waals surface area contributed by atoms with Gasteiger partial charge < -0.3 is 24.8 Å². The maximum atomic E-state index is 13.8. The molecule has 3 heterocycles. The largest absolute Gasteiger partial charge is 0.466 e. The number of aliphatic hydroxyl groups excluding tert-OH is 1. The SMILES string of the molecule is CCOC(=O)[C@@H]1[C@H]2C(=O)N(CCCCCO)C(C(=O)Nc3ccc(Cl)cc3)C23CC(C)[C@@]1(C)O3. The number of amides is 2. The molecule has 0 radical (unpaired) electrons. The fourth-order valence-electron chi connectivity index (χ4n) is 6.18. The number of rotatable bonds is 9. The van der Waals surface area contributed by atoms with E-state index >= 15 is 0 Å². The number of hydrogen-bond donors (Lipinski definition) is 2. The highest BCUT2D eigenvalue weighted by molar-refractivity contribution is 6.30. The maximum Gasteiger partial charge on any atom is 0.312 e. The third-order valence-electron chi connectivity index (χ3n) is 7.77. The van der Waals surface area contributed by atoms with Crippen molar-refractivity contribution in [3.8, 4) is 0 Å². The second kappa shape index (κ2) is 9.47. The molecule has 0 aromatic heterocycles. The Morgan fingerprint density at radius 3 is 2.62 bits per heavy atom. The molecule has 4 rings (SSSR count). The number of unbranched alkanes of at least 4 members (excludes halogenated alkanes) is 2. The average molecular weight is 493 g/mol. The summed E-state index contributed by atoms with van der Waals surface area (Å²) >= 11 is 5.98. The fraction of sp³-hybridized carbons (Fsp3) is 0.640. The van der Waals surface area contributed by atoms with Crippen LogP contribution in [0.4, 0.5) is 5.69 Å². The first kappa shape index (κ1) is 24.9. The Bertz CT molecular complexity index is 955. The molecule has 8 nitrogen and oxygen atoms in total. The number of ether oxygens (including phenoxy) is 2. The molecule has 2 bridgehead atoms. The van der Waals surface area contributed by atoms with Gasteiger partial charge in [0.15, 0.2) is 0 Å². The first-order valence-corrected chi connectivity index (χ1v) is 12.4. The summed E-state index contributed by atoms with van der Waals surface area (Å²) < 4.78 is 12.0. The second-order valence-corrected chi connectivity index (χ2v) is 10.2. The van der Waals surface area contributed by atoms with Crippen LogP contribution in [0.5, 0.6) is 0 Å². The van der Waals surface area contributed by atoms with Crippen LogP contribution in [0.25, 0.3) is 0 Å². The molecule has 1 aromatic carbocycles. The van der Waals surface area contributed by atoms with Gasteiger partial charge in [-0.25, -0.2) is 0 Å². The van der Waals surface area contributed by atoms with E-state index in [0.717, 1.165) is 6.42 Å². The third kappa shape index (κ3) is 3.89. The Hall–Kier alpha value is -2.16. The summed E-state index contributed by atoms with van der Waals surface area (Å²) in [5.74, 6) is -2.61. The van der Waals surface area contributed by atoms with Crippen molar-refractivity contribution in [1.29, 1.82) is 0 Å². The molecule has 3 saturated heterocycles. The van der Waals surface area contributed by atoms with Crippen molar-refractivity contribution in [2.45, 2.75) is 63.7 Å². The van der Waals surface area contributed by atoms with E-state index in [0.29, 0.717) is 36.5 Å². The lowest BCUT2D eigenvalue weighted by molar-refractivity contribution is -0.160. The van der Waals surface area contributed by atoms with Crippen LogP contribution in [0.3, 0.4) is 0 Å². The molecule has 3 fully saturated rings. The molecule has 3 unspecified atom stereocenters. The highest BCUT2D eigenvalue weighted by atomic mass is 35.5. The van der Waals surface area contributed by atoms with Gasteiger partial charge in [-0.3, -0.25) is 14.4 Å². The second-order valence-electron chi connectivity index (χ2n) is 9.77. The number of halogens is 1. The monoisotopic (exact) mass is 492 g/mol. The molecule has 186 valence electrons. The summed E-state index contributed by atoms with van der Waals surface area (Å²) in [7, 11) is 0. The number of fused-ring (bicyclic) bond motifs is 1. The van der Waals surface area contributed by atoms with Crippen molar-refractivity contribution in [2.75, 3.05) is 25.1 Å². The lowest BCUT2D eigenvalue weighted by Gasteiger charge is -2.35. The van der Waals surface area contributed by atoms with E-state index in [1.165, 1.54) is 0 Å². The predicted octanol–water partition coefficient (Wildman–Crippen LogP) is 3.01. The maximum absolute atomic E-state index is 13.8. The van der Waals surface area contributed by atoms with Gasteiger partial charge in [-0.15, -0.1) is 0 Å². The van der Waals surface area contributed by atoms with Gasteiger partial charge in [-0.05, 0) is 69.7 Å². The van der Waals surface area contributed by atoms with Crippen molar-refractivity contribution in [2.24, 2.45) is 17.8 Å². The summed E-state index contributed by atoms with van der Waals surface area (Å²) in [4.78, 5) is 42.2. The predicted molar refractivity (Wildman–Crippen MR) is 126 cm³/mol. The van der Waals surface area contributed by atoms with Crippen LogP contribution in [-0.4, -0.2) is 64.8 Å². The Morgan fingerprint density at radius 1 is 1.26 bits per heavy atom. The van der Waals surface area contributed by atoms with Gasteiger partial charge in [-0.1, -0.05) is 18.5 Å². The molecule has 0 aliphatic carbocycles. The molecule has 2 N–H and O–H groups in total. The number of benzene rings is 1. The van der Waals surface area contributed by atoms with Gasteiger partial charge in [-0.2, -0.15) is 0 Å². The zero-order chi connectivity index (χ0) is 24.7. The van der Waals surface area contributed by atoms with Crippen molar-refractivity contribution in [3.63, 3.8) is 0 Å². The van der Waals surface area contributed by atoms with Gasteiger partial charge >= 0.3 is 5.97 Å².